The van der Waals surface area contributed by atoms with Crippen LogP contribution < -0.4 is 10.9 Å². The van der Waals surface area contributed by atoms with Crippen LogP contribution in [0.1, 0.15) is 44.6 Å². The van der Waals surface area contributed by atoms with E-state index in [1.54, 1.807) is 23.5 Å². The van der Waals surface area contributed by atoms with Gasteiger partial charge < -0.3 is 15.0 Å². The summed E-state index contributed by atoms with van der Waals surface area (Å²) in [6.07, 6.45) is 1.94. The molecule has 0 bridgehead atoms. The minimum atomic E-state index is -0.583. The van der Waals surface area contributed by atoms with E-state index in [0.29, 0.717) is 24.2 Å². The lowest BCUT2D eigenvalue weighted by molar-refractivity contribution is 0.0520. The van der Waals surface area contributed by atoms with Crippen LogP contribution in [0.3, 0.4) is 0 Å². The number of rotatable bonds is 5. The number of fused-ring (bicyclic) bond motifs is 5. The van der Waals surface area contributed by atoms with Crippen LogP contribution >= 0.6 is 0 Å². The number of amides is 1. The first-order chi connectivity index (χ1) is 15.6. The van der Waals surface area contributed by atoms with Crippen molar-refractivity contribution in [3.05, 3.63) is 93.2 Å². The first kappa shape index (κ1) is 19.7. The highest BCUT2D eigenvalue weighted by atomic mass is 16.5. The SMILES string of the molecule is CCOC(=O)c1cn2c3c([nH]c(=O)c2n1)-c1cccc(C(=O)NCc2ccccc2)c1C3. The van der Waals surface area contributed by atoms with E-state index >= 15 is 0 Å². The van der Waals surface area contributed by atoms with Crippen LogP contribution in [-0.4, -0.2) is 32.9 Å². The first-order valence-electron chi connectivity index (χ1n) is 10.3. The van der Waals surface area contributed by atoms with E-state index in [-0.39, 0.29) is 23.9 Å². The standard InChI is InChI=1S/C24H20N4O4/c1-2-32-24(31)18-13-28-19-11-17-15(20(19)27-23(30)21(28)26-18)9-6-10-16(17)22(29)25-12-14-7-4-3-5-8-14/h3-10,13H,2,11-12H2,1H3,(H,25,29)(H,27,30). The molecule has 2 aromatic heterocycles. The van der Waals surface area contributed by atoms with Gasteiger partial charge in [-0.2, -0.15) is 0 Å². The van der Waals surface area contributed by atoms with Crippen LogP contribution in [0.5, 0.6) is 0 Å². The smallest absolute Gasteiger partial charge is 0.358 e. The van der Waals surface area contributed by atoms with Crippen molar-refractivity contribution in [2.75, 3.05) is 6.61 Å². The van der Waals surface area contributed by atoms with Gasteiger partial charge in [0.25, 0.3) is 11.5 Å². The number of nitrogens with one attached hydrogen (secondary N) is 2. The number of H-pyrrole nitrogens is 1. The Hall–Kier alpha value is -4.20. The van der Waals surface area contributed by atoms with Gasteiger partial charge in [-0.15, -0.1) is 0 Å². The second-order valence-corrected chi connectivity index (χ2v) is 7.49. The molecule has 8 heteroatoms. The van der Waals surface area contributed by atoms with Crippen LogP contribution in [0.4, 0.5) is 0 Å². The Bertz CT molecular complexity index is 1420. The van der Waals surface area contributed by atoms with Crippen molar-refractivity contribution >= 4 is 17.5 Å². The second kappa shape index (κ2) is 7.81. The first-order valence-corrected chi connectivity index (χ1v) is 10.3. The van der Waals surface area contributed by atoms with Gasteiger partial charge in [-0.05, 0) is 24.1 Å². The second-order valence-electron chi connectivity index (χ2n) is 7.49. The molecule has 0 unspecified atom stereocenters. The van der Waals surface area contributed by atoms with Gasteiger partial charge in [0.05, 0.1) is 18.0 Å². The molecule has 160 valence electrons. The summed E-state index contributed by atoms with van der Waals surface area (Å²) < 4.78 is 6.63. The van der Waals surface area contributed by atoms with Crippen LogP contribution in [0.25, 0.3) is 16.9 Å². The molecular weight excluding hydrogens is 408 g/mol. The number of hydrogen-bond acceptors (Lipinski definition) is 5. The fraction of sp³-hybridized carbons (Fsp3) is 0.167. The molecule has 0 spiro atoms. The fourth-order valence-corrected chi connectivity index (χ4v) is 4.07. The zero-order chi connectivity index (χ0) is 22.2. The van der Waals surface area contributed by atoms with E-state index in [1.807, 2.05) is 36.4 Å². The molecule has 2 N–H and O–H groups in total. The number of benzene rings is 2. The number of nitrogens with zero attached hydrogens (tertiary/aromatic N) is 2. The number of aromatic amines is 1. The highest BCUT2D eigenvalue weighted by Crippen LogP contribution is 2.36. The summed E-state index contributed by atoms with van der Waals surface area (Å²) in [6, 6.07) is 15.1. The van der Waals surface area contributed by atoms with Crippen molar-refractivity contribution in [1.82, 2.24) is 19.7 Å². The molecule has 1 aliphatic carbocycles. The normalized spacial score (nSPS) is 11.8. The van der Waals surface area contributed by atoms with Crippen molar-refractivity contribution in [2.24, 2.45) is 0 Å². The molecule has 0 atom stereocenters. The van der Waals surface area contributed by atoms with Crippen molar-refractivity contribution in [1.29, 1.82) is 0 Å². The maximum absolute atomic E-state index is 13.0. The third-order valence-electron chi connectivity index (χ3n) is 5.54. The van der Waals surface area contributed by atoms with Gasteiger partial charge in [0.1, 0.15) is 0 Å². The van der Waals surface area contributed by atoms with Crippen molar-refractivity contribution in [3.8, 4) is 11.3 Å². The van der Waals surface area contributed by atoms with Crippen molar-refractivity contribution < 1.29 is 14.3 Å². The maximum Gasteiger partial charge on any atom is 0.358 e. The quantitative estimate of drug-likeness (QED) is 0.419. The van der Waals surface area contributed by atoms with Gasteiger partial charge in [-0.1, -0.05) is 42.5 Å². The van der Waals surface area contributed by atoms with Crippen LogP contribution in [0.15, 0.2) is 59.5 Å². The van der Waals surface area contributed by atoms with E-state index in [2.05, 4.69) is 15.3 Å². The van der Waals surface area contributed by atoms with E-state index < -0.39 is 11.5 Å². The predicted octanol–water partition coefficient (Wildman–Crippen LogP) is 2.70. The number of imidazole rings is 1. The lowest BCUT2D eigenvalue weighted by atomic mass is 10.0. The molecule has 0 fully saturated rings. The molecule has 0 radical (unpaired) electrons. The summed E-state index contributed by atoms with van der Waals surface area (Å²) in [5.74, 6) is -0.768. The van der Waals surface area contributed by atoms with E-state index in [4.69, 9.17) is 4.74 Å². The Labute approximate surface area is 182 Å². The van der Waals surface area contributed by atoms with Crippen LogP contribution in [-0.2, 0) is 17.7 Å². The van der Waals surface area contributed by atoms with E-state index in [9.17, 15) is 14.4 Å². The van der Waals surface area contributed by atoms with Crippen molar-refractivity contribution in [2.45, 2.75) is 19.9 Å². The van der Waals surface area contributed by atoms with Crippen LogP contribution in [0, 0.1) is 0 Å². The minimum Gasteiger partial charge on any atom is -0.461 e. The molecule has 0 aliphatic heterocycles. The lowest BCUT2D eigenvalue weighted by Gasteiger charge is -2.09. The third kappa shape index (κ3) is 3.26. The van der Waals surface area contributed by atoms with E-state index in [1.165, 1.54) is 6.20 Å². The third-order valence-corrected chi connectivity index (χ3v) is 5.54. The Morgan fingerprint density at radius 1 is 1.16 bits per heavy atom. The van der Waals surface area contributed by atoms with Gasteiger partial charge in [0.15, 0.2) is 5.69 Å². The Kier molecular flexibility index (Phi) is 4.82. The average molecular weight is 428 g/mol. The molecule has 2 aromatic carbocycles. The lowest BCUT2D eigenvalue weighted by Crippen LogP contribution is -2.24. The van der Waals surface area contributed by atoms with Gasteiger partial charge in [0.2, 0.25) is 5.65 Å². The summed E-state index contributed by atoms with van der Waals surface area (Å²) in [6.45, 7) is 2.34. The average Bonchev–Trinajstić information content (AvgIpc) is 3.41. The molecule has 5 rings (SSSR count). The van der Waals surface area contributed by atoms with Gasteiger partial charge in [0, 0.05) is 30.3 Å². The summed E-state index contributed by atoms with van der Waals surface area (Å²) in [5.41, 5.74) is 4.34. The number of esters is 1. The van der Waals surface area contributed by atoms with Gasteiger partial charge in [-0.3, -0.25) is 14.0 Å². The van der Waals surface area contributed by atoms with Crippen molar-refractivity contribution in [3.63, 3.8) is 0 Å². The Morgan fingerprint density at radius 2 is 1.97 bits per heavy atom. The summed E-state index contributed by atoms with van der Waals surface area (Å²) in [4.78, 5) is 44.8. The fourth-order valence-electron chi connectivity index (χ4n) is 4.07. The maximum atomic E-state index is 13.0. The number of ether oxygens (including phenoxy) is 1. The van der Waals surface area contributed by atoms with Gasteiger partial charge in [-0.25, -0.2) is 9.78 Å². The molecule has 1 amide bonds. The number of carbonyl (C=O) groups excluding carboxylic acids is 2. The topological polar surface area (TPSA) is 106 Å². The molecule has 4 aromatic rings. The summed E-state index contributed by atoms with van der Waals surface area (Å²) >= 11 is 0. The molecule has 0 saturated carbocycles. The predicted molar refractivity (Wildman–Crippen MR) is 118 cm³/mol. The molecule has 8 nitrogen and oxygen atoms in total. The highest BCUT2D eigenvalue weighted by Gasteiger charge is 2.28. The number of aromatic nitrogens is 3. The summed E-state index contributed by atoms with van der Waals surface area (Å²) in [7, 11) is 0. The largest absolute Gasteiger partial charge is 0.461 e. The van der Waals surface area contributed by atoms with E-state index in [0.717, 1.165) is 22.4 Å². The zero-order valence-corrected chi connectivity index (χ0v) is 17.3. The molecule has 32 heavy (non-hydrogen) atoms. The molecule has 0 saturated heterocycles. The van der Waals surface area contributed by atoms with Crippen LogP contribution in [0.2, 0.25) is 0 Å². The monoisotopic (exact) mass is 428 g/mol. The molecule has 1 aliphatic rings. The minimum absolute atomic E-state index is 0.0718. The molecular formula is C24H20N4O4. The Balaban J connectivity index is 1.51. The summed E-state index contributed by atoms with van der Waals surface area (Å²) in [5, 5.41) is 2.96. The zero-order valence-electron chi connectivity index (χ0n) is 17.3. The van der Waals surface area contributed by atoms with Gasteiger partial charge >= 0.3 is 5.97 Å². The highest BCUT2D eigenvalue weighted by molar-refractivity contribution is 5.98. The Morgan fingerprint density at radius 3 is 2.75 bits per heavy atom. The number of carbonyl (C=O) groups is 2. The number of hydrogen-bond donors (Lipinski definition) is 2. The molecule has 2 heterocycles.